The molecule has 142 heavy (non-hydrogen) atoms. The monoisotopic (exact) mass is 1860 g/mol. The Hall–Kier alpha value is -11.4. The van der Waals surface area contributed by atoms with E-state index in [9.17, 15) is 0 Å². The van der Waals surface area contributed by atoms with Crippen LogP contribution in [0.3, 0.4) is 0 Å². The highest BCUT2D eigenvalue weighted by Gasteiger charge is 2.58. The summed E-state index contributed by atoms with van der Waals surface area (Å²) in [5.74, 6) is 6.61. The van der Waals surface area contributed by atoms with Gasteiger partial charge in [0.15, 0.2) is 11.4 Å². The summed E-state index contributed by atoms with van der Waals surface area (Å²) in [6.07, 6.45) is 34.6. The molecule has 4 fully saturated rings. The van der Waals surface area contributed by atoms with Gasteiger partial charge in [0.25, 0.3) is 0 Å². The van der Waals surface area contributed by atoms with Gasteiger partial charge in [0.2, 0.25) is 0 Å². The summed E-state index contributed by atoms with van der Waals surface area (Å²) in [6, 6.07) is 87.6. The lowest BCUT2D eigenvalue weighted by molar-refractivity contribution is 0.178. The van der Waals surface area contributed by atoms with Gasteiger partial charge >= 0.3 is 0 Å². The van der Waals surface area contributed by atoms with Gasteiger partial charge in [0.05, 0.1) is 18.7 Å². The molecule has 14 atom stereocenters. The fourth-order valence-corrected chi connectivity index (χ4v) is 34.9. The molecule has 3 heteroatoms. The number of hydrogen-bond donors (Lipinski definition) is 0. The van der Waals surface area contributed by atoms with Crippen molar-refractivity contribution in [1.29, 1.82) is 0 Å². The third-order valence-corrected chi connectivity index (χ3v) is 41.1. The fourth-order valence-electron chi connectivity index (χ4n) is 34.9. The summed E-state index contributed by atoms with van der Waals surface area (Å²) in [5, 5.41) is 5.70. The van der Waals surface area contributed by atoms with Crippen LogP contribution in [0.25, 0.3) is 159 Å². The Bertz CT molecular complexity index is 7820. The van der Waals surface area contributed by atoms with Crippen LogP contribution in [0.4, 0.5) is 11.4 Å². The van der Waals surface area contributed by atoms with E-state index in [2.05, 4.69) is 323 Å². The van der Waals surface area contributed by atoms with Crippen molar-refractivity contribution in [3.05, 3.63) is 313 Å². The normalized spacial score (nSPS) is 23.3. The molecule has 6 bridgehead atoms. The van der Waals surface area contributed by atoms with Crippen molar-refractivity contribution < 1.29 is 0 Å². The second kappa shape index (κ2) is 33.9. The van der Waals surface area contributed by atoms with Crippen molar-refractivity contribution in [1.82, 2.24) is 4.40 Å². The number of aromatic nitrogens is 1. The second-order valence-corrected chi connectivity index (χ2v) is 48.8. The zero-order valence-electron chi connectivity index (χ0n) is 87.3. The summed E-state index contributed by atoms with van der Waals surface area (Å²) >= 11 is 0. The van der Waals surface area contributed by atoms with Crippen molar-refractivity contribution in [2.45, 2.75) is 327 Å². The maximum absolute atomic E-state index is 9.09. The maximum atomic E-state index is 9.09. The Kier molecular flexibility index (Phi) is 21.6. The largest absolute Gasteiger partial charge is 0.310 e. The van der Waals surface area contributed by atoms with E-state index >= 15 is 0 Å². The molecule has 0 spiro atoms. The highest BCUT2D eigenvalue weighted by Crippen LogP contribution is 2.71. The molecule has 0 saturated heterocycles. The van der Waals surface area contributed by atoms with Crippen LogP contribution in [-0.2, 0) is 27.1 Å². The van der Waals surface area contributed by atoms with Crippen LogP contribution in [0.2, 0.25) is 0 Å². The van der Waals surface area contributed by atoms with Crippen LogP contribution in [0, 0.1) is 60.5 Å². The first-order valence-electron chi connectivity index (χ1n) is 56.8. The first-order valence-corrected chi connectivity index (χ1v) is 56.8. The zero-order valence-corrected chi connectivity index (χ0v) is 87.3. The van der Waals surface area contributed by atoms with Gasteiger partial charge in [-0.2, -0.15) is 0 Å². The number of fused-ring (bicyclic) bond motifs is 34. The molecule has 3 nitrogen and oxygen atoms in total. The molecule has 0 amide bonds. The maximum Gasteiger partial charge on any atom is 0.193 e. The third-order valence-electron chi connectivity index (χ3n) is 41.1. The lowest BCUT2D eigenvalue weighted by Crippen LogP contribution is -2.42. The van der Waals surface area contributed by atoms with Crippen LogP contribution in [0.1, 0.15) is 378 Å². The Morgan fingerprint density at radius 2 is 0.606 bits per heavy atom. The number of hydrogen-bond acceptors (Lipinski definition) is 0. The number of unbranched alkanes of at least 4 members (excludes halogenated alkanes) is 8. The van der Waals surface area contributed by atoms with Crippen LogP contribution in [-0.4, -0.2) is 4.40 Å². The molecule has 0 aliphatic heterocycles. The molecule has 26 rings (SSSR count). The lowest BCUT2D eigenvalue weighted by Gasteiger charge is -2.46. The molecule has 11 aliphatic rings. The highest BCUT2D eigenvalue weighted by atomic mass is 14.9. The predicted octanol–water partition coefficient (Wildman–Crippen LogP) is 40.2. The molecular weight excluding hydrogens is 1710 g/mol. The minimum Gasteiger partial charge on any atom is -0.310 e. The second-order valence-electron chi connectivity index (χ2n) is 48.8. The van der Waals surface area contributed by atoms with Gasteiger partial charge in [-0.15, -0.1) is 0 Å². The van der Waals surface area contributed by atoms with E-state index in [1.807, 2.05) is 0 Å². The molecule has 2 heterocycles. The molecule has 11 aliphatic carbocycles. The van der Waals surface area contributed by atoms with Gasteiger partial charge in [-0.1, -0.05) is 339 Å². The van der Waals surface area contributed by atoms with Gasteiger partial charge in [-0.05, 0) is 410 Å². The molecule has 14 unspecified atom stereocenters. The predicted molar refractivity (Wildman–Crippen MR) is 599 cm³/mol. The van der Waals surface area contributed by atoms with Crippen LogP contribution in [0.5, 0.6) is 0 Å². The lowest BCUT2D eigenvalue weighted by atomic mass is 9.57. The molecule has 13 aromatic carbocycles. The summed E-state index contributed by atoms with van der Waals surface area (Å²) in [4.78, 5) is 9.13. The first kappa shape index (κ1) is 90.6. The first-order chi connectivity index (χ1) is 69.2. The van der Waals surface area contributed by atoms with E-state index in [4.69, 9.17) is 13.1 Å². The van der Waals surface area contributed by atoms with Gasteiger partial charge < -0.3 is 4.40 Å². The molecule has 716 valence electrons. The van der Waals surface area contributed by atoms with Crippen LogP contribution < -0.4 is 0 Å². The molecule has 2 aromatic heterocycles. The van der Waals surface area contributed by atoms with Gasteiger partial charge in [-0.3, -0.25) is 0 Å². The van der Waals surface area contributed by atoms with Crippen molar-refractivity contribution in [3.63, 3.8) is 0 Å². The summed E-state index contributed by atoms with van der Waals surface area (Å²) in [5.41, 5.74) is 52.6. The molecular formula is C139H145N3. The average Bonchev–Trinajstić information content (AvgIpc) is 1.48. The minimum atomic E-state index is -0.349. The summed E-state index contributed by atoms with van der Waals surface area (Å²) in [7, 11) is 0. The van der Waals surface area contributed by atoms with E-state index in [1.165, 1.54) is 359 Å². The molecule has 15 aromatic rings. The van der Waals surface area contributed by atoms with Gasteiger partial charge in [-0.25, -0.2) is 9.69 Å². The molecule has 0 radical (unpaired) electrons. The SMILES string of the molecule is [C-]#[N+]c1cc2c(c3c1C1CC4CC3CC1C4)c1cc3c(c4c5c6c(c([N+]#[C-])cc5n2c14)C1CC2CC6CC1C2)C(C)(C)c1cc(-c2ccc4c(c2)C(C(CC)CCCC)(C(CC)CCCCC)c2cc(-c5ccc6c(c5)C(C)(C)c5cc(-c7ccc8c(c7)C(C(CC)CCCCC)(C(CC)CCCCCC)c7cc(-c9ccc%10c(c9)C(C)(C)c9cc(-c%11ccccc%11)ccc9-%10)ccc7-8)ccc5-6)ccc2-4)ccc1-3. The average molecular weight is 1860 g/mol. The van der Waals surface area contributed by atoms with Gasteiger partial charge in [0.1, 0.15) is 0 Å². The number of rotatable bonds is 29. The fraction of sp³-hybridized carbons (Fsp3) is 0.424. The minimum absolute atomic E-state index is 0.151. The Morgan fingerprint density at radius 3 is 0.972 bits per heavy atom. The van der Waals surface area contributed by atoms with Gasteiger partial charge in [0, 0.05) is 59.7 Å². The van der Waals surface area contributed by atoms with E-state index in [0.717, 1.165) is 48.9 Å². The van der Waals surface area contributed by atoms with Crippen molar-refractivity contribution in [2.75, 3.05) is 0 Å². The number of benzene rings is 13. The Balaban J connectivity index is 0.571. The zero-order chi connectivity index (χ0) is 96.8. The van der Waals surface area contributed by atoms with Crippen molar-refractivity contribution >= 4 is 49.5 Å². The quantitative estimate of drug-likeness (QED) is 0.0327. The highest BCUT2D eigenvalue weighted by molar-refractivity contribution is 6.29. The molecule has 4 saturated carbocycles. The van der Waals surface area contributed by atoms with E-state index < -0.39 is 0 Å². The third kappa shape index (κ3) is 12.7. The Morgan fingerprint density at radius 1 is 0.289 bits per heavy atom. The van der Waals surface area contributed by atoms with Crippen LogP contribution in [0.15, 0.2) is 212 Å². The van der Waals surface area contributed by atoms with Crippen molar-refractivity contribution in [3.8, 4) is 111 Å². The van der Waals surface area contributed by atoms with Crippen molar-refractivity contribution in [2.24, 2.45) is 47.3 Å². The van der Waals surface area contributed by atoms with E-state index in [-0.39, 0.29) is 27.1 Å². The topological polar surface area (TPSA) is 13.1 Å². The summed E-state index contributed by atoms with van der Waals surface area (Å²) < 4.78 is 2.66. The Labute approximate surface area is 847 Å². The van der Waals surface area contributed by atoms with Crippen LogP contribution >= 0.6 is 0 Å². The van der Waals surface area contributed by atoms with E-state index in [0.29, 0.717) is 59.2 Å². The summed E-state index contributed by atoms with van der Waals surface area (Å²) in [6.45, 7) is 53.0. The smallest absolute Gasteiger partial charge is 0.193 e. The standard InChI is InChI=1S/C139H145N3/c1-17-25-29-35-41-99(24-8)139(98(23-7)40-32-27-19-3)120-74-89(84-43-52-101-100-51-42-83(82-36-33-30-34-37-82)68-113(100)135(9,10)114(101)69-84)47-56-106(120)107-57-48-90(75-121(107)139)86-45-54-103-102-53-44-85(70-115(102)136(11,12)116(103)71-86)88-46-55-104-105-58-49-91(76-119(105)138(118(104)73-88,96(21-5)38-28-20-4)97(22-6)39-31-26-18-2)87-50-59-108-111-77-112-130-124(78-122(140-15)128-109-64-80-60-92(109)66-94(62-80)126(128)130)142-125-79-123(141-16)129-110-65-81-61-93(110)67-95(63-81)127(129)131(125)132(134(112)142)133(111)137(13,14)117(108)72-87/h30,33-34,36-37,42-59,68-81,92-99,109-110H,17-29,31-32,35,38-41,60-67H2,1-14H3. The molecule has 0 N–H and O–H groups in total. The van der Waals surface area contributed by atoms with E-state index in [1.54, 1.807) is 22.3 Å². The number of nitrogens with zero attached hydrogens (tertiary/aromatic N) is 3.